The molecule has 162 valence electrons. The number of benzene rings is 1. The number of rotatable bonds is 4. The largest absolute Gasteiger partial charge is 0.396 e. The number of fused-ring (bicyclic) bond motifs is 1. The topological polar surface area (TPSA) is 124 Å². The van der Waals surface area contributed by atoms with Gasteiger partial charge in [0.25, 0.3) is 5.91 Å². The van der Waals surface area contributed by atoms with Crippen molar-refractivity contribution in [1.29, 1.82) is 0 Å². The van der Waals surface area contributed by atoms with Crippen LogP contribution in [0.5, 0.6) is 0 Å². The van der Waals surface area contributed by atoms with Gasteiger partial charge in [0.15, 0.2) is 0 Å². The molecule has 0 radical (unpaired) electrons. The van der Waals surface area contributed by atoms with E-state index in [2.05, 4.69) is 26.5 Å². The molecule has 0 saturated carbocycles. The van der Waals surface area contributed by atoms with Crippen LogP contribution < -0.4 is 11.1 Å². The third-order valence-corrected chi connectivity index (χ3v) is 6.62. The number of hydrogen-bond donors (Lipinski definition) is 3. The number of nitrogen functional groups attached to an aromatic ring is 1. The molecular formula is C22H26N6O3. The molecule has 4 N–H and O–H groups in total. The van der Waals surface area contributed by atoms with E-state index in [0.717, 1.165) is 49.2 Å². The molecule has 2 saturated heterocycles. The minimum absolute atomic E-state index is 0.142. The minimum Gasteiger partial charge on any atom is -0.396 e. The lowest BCUT2D eigenvalue weighted by Crippen LogP contribution is -2.52. The summed E-state index contributed by atoms with van der Waals surface area (Å²) in [6.45, 7) is 2.12. The van der Waals surface area contributed by atoms with E-state index in [9.17, 15) is 14.4 Å². The number of imide groups is 1. The molecule has 3 aliphatic rings. The Morgan fingerprint density at radius 2 is 2.00 bits per heavy atom. The summed E-state index contributed by atoms with van der Waals surface area (Å²) in [5.41, 5.74) is 10.5. The van der Waals surface area contributed by atoms with Crippen LogP contribution in [0.2, 0.25) is 0 Å². The van der Waals surface area contributed by atoms with Crippen LogP contribution in [0.15, 0.2) is 24.4 Å². The van der Waals surface area contributed by atoms with Gasteiger partial charge < -0.3 is 10.6 Å². The van der Waals surface area contributed by atoms with Crippen molar-refractivity contribution < 1.29 is 14.4 Å². The highest BCUT2D eigenvalue weighted by Gasteiger charge is 2.39. The molecule has 31 heavy (non-hydrogen) atoms. The summed E-state index contributed by atoms with van der Waals surface area (Å²) in [6.07, 6.45) is 5.61. The van der Waals surface area contributed by atoms with Gasteiger partial charge in [-0.1, -0.05) is 18.6 Å². The first-order chi connectivity index (χ1) is 15.0. The molecule has 0 spiro atoms. The van der Waals surface area contributed by atoms with Gasteiger partial charge in [-0.25, -0.2) is 0 Å². The highest BCUT2D eigenvalue weighted by Crippen LogP contribution is 2.34. The summed E-state index contributed by atoms with van der Waals surface area (Å²) in [4.78, 5) is 40.6. The predicted molar refractivity (Wildman–Crippen MR) is 112 cm³/mol. The zero-order valence-corrected chi connectivity index (χ0v) is 17.3. The average Bonchev–Trinajstić information content (AvgIpc) is 3.31. The van der Waals surface area contributed by atoms with Gasteiger partial charge in [0.2, 0.25) is 11.8 Å². The number of anilines is 1. The number of aromatic nitrogens is 2. The summed E-state index contributed by atoms with van der Waals surface area (Å²) in [5, 5.41) is 9.49. The van der Waals surface area contributed by atoms with Crippen LogP contribution in [0.4, 0.5) is 5.69 Å². The number of nitrogens with two attached hydrogens (primary N) is 1. The first-order valence-electron chi connectivity index (χ1n) is 10.8. The first-order valence-corrected chi connectivity index (χ1v) is 10.8. The second kappa shape index (κ2) is 7.81. The van der Waals surface area contributed by atoms with Crippen molar-refractivity contribution in [2.45, 2.75) is 57.3 Å². The maximum atomic E-state index is 12.9. The Morgan fingerprint density at radius 3 is 2.77 bits per heavy atom. The quantitative estimate of drug-likeness (QED) is 0.641. The summed E-state index contributed by atoms with van der Waals surface area (Å²) in [6, 6.07) is 5.54. The lowest BCUT2D eigenvalue weighted by molar-refractivity contribution is -0.136. The highest BCUT2D eigenvalue weighted by molar-refractivity contribution is 6.05. The van der Waals surface area contributed by atoms with E-state index >= 15 is 0 Å². The molecule has 0 aliphatic carbocycles. The Bertz CT molecular complexity index is 1050. The fourth-order valence-corrected chi connectivity index (χ4v) is 5.04. The number of nitrogens with one attached hydrogen (secondary N) is 2. The molecule has 1 aromatic carbocycles. The van der Waals surface area contributed by atoms with Gasteiger partial charge >= 0.3 is 0 Å². The third kappa shape index (κ3) is 3.59. The van der Waals surface area contributed by atoms with Crippen LogP contribution in [0.1, 0.15) is 65.3 Å². The Morgan fingerprint density at radius 1 is 1.13 bits per heavy atom. The summed E-state index contributed by atoms with van der Waals surface area (Å²) in [5.74, 6) is -0.801. The molecule has 5 rings (SSSR count). The standard InChI is InChI=1S/C22H26N6O3/c23-16-10-24-26-20(16)17-3-1-2-8-27(17)11-13-4-5-15-14(9-13)12-28(22(15)31)18-6-7-19(29)25-21(18)30/h4-5,9-10,17-18H,1-3,6-8,11-12,23H2,(H,24,26)(H,25,29,30). The first kappa shape index (κ1) is 19.7. The number of nitrogens with zero attached hydrogens (tertiary/aromatic N) is 3. The fraction of sp³-hybridized carbons (Fsp3) is 0.455. The van der Waals surface area contributed by atoms with Gasteiger partial charge in [-0.15, -0.1) is 0 Å². The fourth-order valence-electron chi connectivity index (χ4n) is 5.04. The highest BCUT2D eigenvalue weighted by atomic mass is 16.2. The van der Waals surface area contributed by atoms with Crippen molar-refractivity contribution in [3.63, 3.8) is 0 Å². The van der Waals surface area contributed by atoms with Crippen molar-refractivity contribution in [2.75, 3.05) is 12.3 Å². The summed E-state index contributed by atoms with van der Waals surface area (Å²) < 4.78 is 0. The molecule has 4 heterocycles. The maximum Gasteiger partial charge on any atom is 0.255 e. The number of aromatic amines is 1. The smallest absolute Gasteiger partial charge is 0.255 e. The number of likely N-dealkylation sites (tertiary alicyclic amines) is 1. The van der Waals surface area contributed by atoms with E-state index < -0.39 is 6.04 Å². The third-order valence-electron chi connectivity index (χ3n) is 6.62. The Hall–Kier alpha value is -3.20. The van der Waals surface area contributed by atoms with E-state index in [1.165, 1.54) is 0 Å². The molecule has 2 unspecified atom stereocenters. The SMILES string of the molecule is Nc1cn[nH]c1C1CCCCN1Cc1ccc2c(c1)CN(C1CCC(=O)NC1=O)C2=O. The zero-order chi connectivity index (χ0) is 21.5. The Kier molecular flexibility index (Phi) is 4.97. The van der Waals surface area contributed by atoms with Gasteiger partial charge in [0.1, 0.15) is 6.04 Å². The second-order valence-electron chi connectivity index (χ2n) is 8.61. The van der Waals surface area contributed by atoms with Crippen molar-refractivity contribution in [2.24, 2.45) is 0 Å². The Balaban J connectivity index is 1.34. The van der Waals surface area contributed by atoms with E-state index in [0.29, 0.717) is 24.2 Å². The van der Waals surface area contributed by atoms with E-state index in [-0.39, 0.29) is 30.2 Å². The second-order valence-corrected chi connectivity index (χ2v) is 8.61. The molecule has 2 fully saturated rings. The van der Waals surface area contributed by atoms with Crippen LogP contribution >= 0.6 is 0 Å². The molecule has 1 aromatic heterocycles. The average molecular weight is 422 g/mol. The minimum atomic E-state index is -0.587. The number of carbonyl (C=O) groups is 3. The zero-order valence-electron chi connectivity index (χ0n) is 17.3. The molecule has 2 atom stereocenters. The van der Waals surface area contributed by atoms with Gasteiger partial charge in [0, 0.05) is 25.1 Å². The normalized spacial score (nSPS) is 24.4. The number of piperidine rings is 2. The summed E-state index contributed by atoms with van der Waals surface area (Å²) in [7, 11) is 0. The van der Waals surface area contributed by atoms with Gasteiger partial charge in [-0.05, 0) is 43.0 Å². The number of carbonyl (C=O) groups excluding carboxylic acids is 3. The molecular weight excluding hydrogens is 396 g/mol. The van der Waals surface area contributed by atoms with Crippen molar-refractivity contribution >= 4 is 23.4 Å². The molecule has 3 amide bonds. The number of amides is 3. The molecule has 9 heteroatoms. The van der Waals surface area contributed by atoms with Crippen LogP contribution in [0, 0.1) is 0 Å². The number of H-pyrrole nitrogens is 1. The van der Waals surface area contributed by atoms with Crippen LogP contribution in [-0.4, -0.2) is 50.3 Å². The molecule has 9 nitrogen and oxygen atoms in total. The van der Waals surface area contributed by atoms with Crippen LogP contribution in [0.3, 0.4) is 0 Å². The van der Waals surface area contributed by atoms with Crippen molar-refractivity contribution in [3.05, 3.63) is 46.8 Å². The number of hydrogen-bond acceptors (Lipinski definition) is 6. The maximum absolute atomic E-state index is 12.9. The summed E-state index contributed by atoms with van der Waals surface area (Å²) >= 11 is 0. The van der Waals surface area contributed by atoms with Crippen LogP contribution in [0.25, 0.3) is 0 Å². The Labute approximate surface area is 180 Å². The van der Waals surface area contributed by atoms with E-state index in [1.54, 1.807) is 11.1 Å². The van der Waals surface area contributed by atoms with Gasteiger partial charge in [-0.2, -0.15) is 5.10 Å². The molecule has 3 aliphatic heterocycles. The predicted octanol–water partition coefficient (Wildman–Crippen LogP) is 1.48. The lowest BCUT2D eigenvalue weighted by Gasteiger charge is -2.35. The van der Waals surface area contributed by atoms with E-state index in [4.69, 9.17) is 5.73 Å². The van der Waals surface area contributed by atoms with Gasteiger partial charge in [0.05, 0.1) is 23.6 Å². The molecule has 2 aromatic rings. The van der Waals surface area contributed by atoms with Gasteiger partial charge in [-0.3, -0.25) is 29.7 Å². The van der Waals surface area contributed by atoms with E-state index in [1.807, 2.05) is 12.1 Å². The van der Waals surface area contributed by atoms with Crippen LogP contribution in [-0.2, 0) is 22.7 Å². The van der Waals surface area contributed by atoms with Crippen molar-refractivity contribution in [1.82, 2.24) is 25.3 Å². The monoisotopic (exact) mass is 422 g/mol. The molecule has 0 bridgehead atoms. The van der Waals surface area contributed by atoms with Crippen molar-refractivity contribution in [3.8, 4) is 0 Å². The lowest BCUT2D eigenvalue weighted by atomic mass is 9.97.